The summed E-state index contributed by atoms with van der Waals surface area (Å²) in [6, 6.07) is 18.5. The van der Waals surface area contributed by atoms with Crippen LogP contribution >= 0.6 is 23.2 Å². The minimum Gasteiger partial charge on any atom is -0.482 e. The number of para-hydroxylation sites is 1. The zero-order valence-corrected chi connectivity index (χ0v) is 18.6. The lowest BCUT2D eigenvalue weighted by molar-refractivity contribution is -0.118. The molecule has 0 saturated carbocycles. The summed E-state index contributed by atoms with van der Waals surface area (Å²) in [5, 5.41) is 7.66. The molecule has 3 aromatic carbocycles. The van der Waals surface area contributed by atoms with Gasteiger partial charge in [0.15, 0.2) is 6.61 Å². The van der Waals surface area contributed by atoms with Gasteiger partial charge < -0.3 is 15.8 Å². The second-order valence-corrected chi connectivity index (χ2v) is 7.56. The molecule has 4 N–H and O–H groups in total. The van der Waals surface area contributed by atoms with E-state index in [1.807, 2.05) is 6.07 Å². The minimum absolute atomic E-state index is 0.229. The van der Waals surface area contributed by atoms with Crippen molar-refractivity contribution in [1.82, 2.24) is 5.43 Å². The van der Waals surface area contributed by atoms with E-state index in [2.05, 4.69) is 15.8 Å². The van der Waals surface area contributed by atoms with Gasteiger partial charge >= 0.3 is 0 Å². The van der Waals surface area contributed by atoms with Crippen LogP contribution in [0.4, 0.5) is 11.4 Å². The first-order valence-electron chi connectivity index (χ1n) is 9.51. The number of carbonyl (C=O) groups is 2. The molecule has 0 atom stereocenters. The lowest BCUT2D eigenvalue weighted by Gasteiger charge is -2.10. The largest absolute Gasteiger partial charge is 0.482 e. The number of hydrogen-bond acceptors (Lipinski definition) is 5. The molecule has 3 rings (SSSR count). The Morgan fingerprint density at radius 3 is 2.56 bits per heavy atom. The second kappa shape index (κ2) is 10.7. The van der Waals surface area contributed by atoms with Gasteiger partial charge in [0.1, 0.15) is 5.75 Å². The van der Waals surface area contributed by atoms with Crippen LogP contribution < -0.4 is 21.2 Å². The number of rotatable bonds is 7. The van der Waals surface area contributed by atoms with E-state index < -0.39 is 5.91 Å². The number of anilines is 2. The highest BCUT2D eigenvalue weighted by Gasteiger charge is 2.10. The summed E-state index contributed by atoms with van der Waals surface area (Å²) in [6.45, 7) is 1.51. The Hall–Kier alpha value is -3.55. The van der Waals surface area contributed by atoms with Crippen molar-refractivity contribution in [3.05, 3.63) is 87.9 Å². The average molecular weight is 471 g/mol. The van der Waals surface area contributed by atoms with Crippen LogP contribution in [0.3, 0.4) is 0 Å². The van der Waals surface area contributed by atoms with Gasteiger partial charge in [0.05, 0.1) is 16.3 Å². The fourth-order valence-electron chi connectivity index (χ4n) is 2.72. The van der Waals surface area contributed by atoms with E-state index >= 15 is 0 Å². The first-order chi connectivity index (χ1) is 15.3. The Labute approximate surface area is 195 Å². The maximum absolute atomic E-state index is 12.3. The number of nitrogens with one attached hydrogen (secondary N) is 2. The van der Waals surface area contributed by atoms with E-state index in [1.54, 1.807) is 61.5 Å². The minimum atomic E-state index is -0.412. The van der Waals surface area contributed by atoms with Crippen LogP contribution in [0.1, 0.15) is 22.8 Å². The molecule has 7 nitrogen and oxygen atoms in total. The molecule has 2 amide bonds. The average Bonchev–Trinajstić information content (AvgIpc) is 2.77. The van der Waals surface area contributed by atoms with Crippen LogP contribution in [0.2, 0.25) is 10.0 Å². The van der Waals surface area contributed by atoms with Gasteiger partial charge in [-0.05, 0) is 55.0 Å². The normalized spacial score (nSPS) is 11.0. The van der Waals surface area contributed by atoms with Crippen molar-refractivity contribution in [1.29, 1.82) is 0 Å². The van der Waals surface area contributed by atoms with Crippen molar-refractivity contribution in [2.75, 3.05) is 17.7 Å². The van der Waals surface area contributed by atoms with E-state index in [1.165, 1.54) is 6.07 Å². The Kier molecular flexibility index (Phi) is 7.70. The molecule has 3 aromatic rings. The van der Waals surface area contributed by atoms with E-state index in [9.17, 15) is 9.59 Å². The van der Waals surface area contributed by atoms with Gasteiger partial charge in [0.2, 0.25) is 0 Å². The van der Waals surface area contributed by atoms with Gasteiger partial charge in [-0.2, -0.15) is 5.10 Å². The lowest BCUT2D eigenvalue weighted by Crippen LogP contribution is -2.21. The van der Waals surface area contributed by atoms with Gasteiger partial charge in [0, 0.05) is 16.4 Å². The van der Waals surface area contributed by atoms with Crippen molar-refractivity contribution < 1.29 is 14.3 Å². The number of benzene rings is 3. The molecule has 0 aliphatic rings. The van der Waals surface area contributed by atoms with E-state index in [0.717, 1.165) is 0 Å². The molecular weight excluding hydrogens is 451 g/mol. The quantitative estimate of drug-likeness (QED) is 0.263. The molecule has 0 saturated heterocycles. The number of nitrogen functional groups attached to an aromatic ring is 1. The number of hydrazone groups is 1. The number of hydrogen-bond donors (Lipinski definition) is 3. The number of amides is 2. The predicted molar refractivity (Wildman–Crippen MR) is 128 cm³/mol. The summed E-state index contributed by atoms with van der Waals surface area (Å²) in [6.07, 6.45) is 0. The van der Waals surface area contributed by atoms with Crippen LogP contribution in [-0.2, 0) is 4.79 Å². The lowest BCUT2D eigenvalue weighted by atomic mass is 10.1. The molecule has 0 aliphatic carbocycles. The molecule has 32 heavy (non-hydrogen) atoms. The fraction of sp³-hybridized carbons (Fsp3) is 0.0870. The molecule has 0 radical (unpaired) electrons. The number of ether oxygens (including phenoxy) is 1. The van der Waals surface area contributed by atoms with Gasteiger partial charge in [-0.15, -0.1) is 0 Å². The molecule has 0 unspecified atom stereocenters. The van der Waals surface area contributed by atoms with E-state index in [-0.39, 0.29) is 12.5 Å². The predicted octanol–water partition coefficient (Wildman–Crippen LogP) is 4.75. The third kappa shape index (κ3) is 6.23. The van der Waals surface area contributed by atoms with Crippen LogP contribution in [0.25, 0.3) is 0 Å². The zero-order chi connectivity index (χ0) is 23.1. The number of nitrogens with two attached hydrogens (primary N) is 1. The van der Waals surface area contributed by atoms with E-state index in [4.69, 9.17) is 33.7 Å². The SMILES string of the molecule is C/C(=N\NC(=O)c1ccccc1N)c1cccc(NC(=O)COc2ccc(Cl)cc2Cl)c1. The van der Waals surface area contributed by atoms with Crippen molar-refractivity contribution in [3.8, 4) is 5.75 Å². The van der Waals surface area contributed by atoms with Crippen LogP contribution in [-0.4, -0.2) is 24.1 Å². The highest BCUT2D eigenvalue weighted by atomic mass is 35.5. The molecule has 9 heteroatoms. The summed E-state index contributed by atoms with van der Waals surface area (Å²) in [5.74, 6) is -0.418. The Morgan fingerprint density at radius 2 is 1.81 bits per heavy atom. The van der Waals surface area contributed by atoms with Crippen LogP contribution in [0, 0.1) is 0 Å². The van der Waals surface area contributed by atoms with E-state index in [0.29, 0.717) is 44.0 Å². The van der Waals surface area contributed by atoms with Gasteiger partial charge in [-0.3, -0.25) is 9.59 Å². The van der Waals surface area contributed by atoms with Crippen molar-refractivity contribution in [2.24, 2.45) is 5.10 Å². The first-order valence-corrected chi connectivity index (χ1v) is 10.3. The Balaban J connectivity index is 1.60. The highest BCUT2D eigenvalue weighted by molar-refractivity contribution is 6.35. The molecular formula is C23H20Cl2N4O3. The third-order valence-corrected chi connectivity index (χ3v) is 4.88. The summed E-state index contributed by atoms with van der Waals surface area (Å²) in [5.41, 5.74) is 10.8. The fourth-order valence-corrected chi connectivity index (χ4v) is 3.18. The molecule has 0 spiro atoms. The summed E-state index contributed by atoms with van der Waals surface area (Å²) >= 11 is 11.9. The molecule has 0 fully saturated rings. The van der Waals surface area contributed by atoms with Crippen LogP contribution in [0.15, 0.2) is 71.8 Å². The van der Waals surface area contributed by atoms with Crippen molar-refractivity contribution >= 4 is 52.1 Å². The van der Waals surface area contributed by atoms with Gasteiger partial charge in [0.25, 0.3) is 11.8 Å². The Bertz CT molecular complexity index is 1180. The Morgan fingerprint density at radius 1 is 1.03 bits per heavy atom. The third-order valence-electron chi connectivity index (χ3n) is 4.35. The molecule has 0 aromatic heterocycles. The standard InChI is InChI=1S/C23H20Cl2N4O3/c1-14(28-29-23(31)18-7-2-3-8-20(18)26)15-5-4-6-17(11-15)27-22(30)13-32-21-10-9-16(24)12-19(21)25/h2-12H,13,26H2,1H3,(H,27,30)(H,29,31)/b28-14+. The van der Waals surface area contributed by atoms with Gasteiger partial charge in [-0.1, -0.05) is 47.5 Å². The highest BCUT2D eigenvalue weighted by Crippen LogP contribution is 2.27. The smallest absolute Gasteiger partial charge is 0.273 e. The number of halogens is 2. The summed E-state index contributed by atoms with van der Waals surface area (Å²) in [4.78, 5) is 24.5. The van der Waals surface area contributed by atoms with Crippen molar-refractivity contribution in [3.63, 3.8) is 0 Å². The van der Waals surface area contributed by atoms with Gasteiger partial charge in [-0.25, -0.2) is 5.43 Å². The van der Waals surface area contributed by atoms with Crippen LogP contribution in [0.5, 0.6) is 5.75 Å². The first kappa shape index (κ1) is 23.1. The zero-order valence-electron chi connectivity index (χ0n) is 17.1. The summed E-state index contributed by atoms with van der Waals surface area (Å²) in [7, 11) is 0. The number of carbonyl (C=O) groups excluding carboxylic acids is 2. The maximum atomic E-state index is 12.3. The summed E-state index contributed by atoms with van der Waals surface area (Å²) < 4.78 is 5.44. The topological polar surface area (TPSA) is 106 Å². The monoisotopic (exact) mass is 470 g/mol. The number of nitrogens with zero attached hydrogens (tertiary/aromatic N) is 1. The molecule has 164 valence electrons. The second-order valence-electron chi connectivity index (χ2n) is 6.72. The van der Waals surface area contributed by atoms with Crippen molar-refractivity contribution in [2.45, 2.75) is 6.92 Å². The molecule has 0 aliphatic heterocycles. The molecule has 0 bridgehead atoms. The maximum Gasteiger partial charge on any atom is 0.273 e. The molecule has 0 heterocycles.